The van der Waals surface area contributed by atoms with Gasteiger partial charge >= 0.3 is 0 Å². The van der Waals surface area contributed by atoms with Crippen molar-refractivity contribution in [2.75, 3.05) is 35.0 Å². The van der Waals surface area contributed by atoms with Gasteiger partial charge in [-0.05, 0) is 25.7 Å². The Labute approximate surface area is 101 Å². The molecule has 2 aliphatic rings. The topological polar surface area (TPSA) is 27.7 Å². The fraction of sp³-hybridized carbons (Fsp3) is 1.00. The van der Waals surface area contributed by atoms with Crippen LogP contribution >= 0.6 is 0 Å². The molecule has 2 rings (SSSR count). The van der Waals surface area contributed by atoms with Crippen LogP contribution in [0.1, 0.15) is 39.5 Å². The van der Waals surface area contributed by atoms with Gasteiger partial charge in [-0.15, -0.1) is 0 Å². The Balaban J connectivity index is 0. The Kier molecular flexibility index (Phi) is 17.0. The second kappa shape index (κ2) is 14.9. The predicted molar refractivity (Wildman–Crippen MR) is 68.9 cm³/mol. The van der Waals surface area contributed by atoms with E-state index in [1.54, 1.807) is 28.4 Å². The highest BCUT2D eigenvalue weighted by molar-refractivity contribution is 4.71. The molecular weight excluding hydrogens is 204 g/mol. The van der Waals surface area contributed by atoms with Gasteiger partial charge in [-0.25, -0.2) is 0 Å². The lowest BCUT2D eigenvalue weighted by molar-refractivity contribution is 0.183. The average molecular weight is 234 g/mol. The molecule has 0 saturated heterocycles. The summed E-state index contributed by atoms with van der Waals surface area (Å²) in [6.45, 7) is 5.06. The van der Waals surface area contributed by atoms with Gasteiger partial charge in [0.2, 0.25) is 0 Å². The van der Waals surface area contributed by atoms with Crippen molar-refractivity contribution in [1.82, 2.24) is 0 Å². The van der Waals surface area contributed by atoms with E-state index in [-0.39, 0.29) is 0 Å². The number of rotatable bonds is 2. The highest BCUT2D eigenvalue weighted by Gasteiger charge is 2.19. The van der Waals surface area contributed by atoms with Gasteiger partial charge in [-0.3, -0.25) is 0 Å². The molecule has 3 heteroatoms. The summed E-state index contributed by atoms with van der Waals surface area (Å²) in [5, 5.41) is 0. The van der Waals surface area contributed by atoms with Crippen molar-refractivity contribution in [3.63, 3.8) is 0 Å². The first-order valence-corrected chi connectivity index (χ1v) is 6.07. The summed E-state index contributed by atoms with van der Waals surface area (Å²) in [4.78, 5) is 0. The third kappa shape index (κ3) is 29.2. The highest BCUT2D eigenvalue weighted by atomic mass is 16.5. The zero-order chi connectivity index (χ0) is 12.8. The van der Waals surface area contributed by atoms with Crippen LogP contribution in [0.15, 0.2) is 0 Å². The van der Waals surface area contributed by atoms with Gasteiger partial charge in [0, 0.05) is 35.0 Å². The third-order valence-electron chi connectivity index (χ3n) is 2.01. The standard InChI is InChI=1S/C4H8O.C4H8.C3H8O.C2H6O/c1-5-4-2-3-4;1-4-2-3-4;1-3-4-2;1-3-2/h4H,2-3H2,1H3;4H,2-3H2,1H3;3H2,1-2H3;1-2H3. The van der Waals surface area contributed by atoms with Crippen molar-refractivity contribution in [3.8, 4) is 0 Å². The normalized spacial score (nSPS) is 16.9. The minimum atomic E-state index is 0.634. The van der Waals surface area contributed by atoms with E-state index in [1.165, 1.54) is 25.7 Å². The molecular formula is C13H30O3. The van der Waals surface area contributed by atoms with Gasteiger partial charge in [0.15, 0.2) is 0 Å². The highest BCUT2D eigenvalue weighted by Crippen LogP contribution is 2.26. The van der Waals surface area contributed by atoms with Crippen molar-refractivity contribution in [2.24, 2.45) is 5.92 Å². The molecule has 2 aliphatic carbocycles. The molecule has 2 saturated carbocycles. The maximum Gasteiger partial charge on any atom is 0.0573 e. The van der Waals surface area contributed by atoms with Gasteiger partial charge in [-0.1, -0.05) is 19.8 Å². The molecule has 0 radical (unpaired) electrons. The van der Waals surface area contributed by atoms with Gasteiger partial charge in [0.25, 0.3) is 0 Å². The molecule has 0 aromatic rings. The van der Waals surface area contributed by atoms with E-state index < -0.39 is 0 Å². The fourth-order valence-corrected chi connectivity index (χ4v) is 0.470. The molecule has 0 aromatic heterocycles. The van der Waals surface area contributed by atoms with Crippen LogP contribution in [-0.2, 0) is 14.2 Å². The van der Waals surface area contributed by atoms with Crippen LogP contribution < -0.4 is 0 Å². The van der Waals surface area contributed by atoms with Gasteiger partial charge in [0.05, 0.1) is 6.10 Å². The largest absolute Gasteiger partial charge is 0.388 e. The average Bonchev–Trinajstić information content (AvgIpc) is 3.14. The van der Waals surface area contributed by atoms with E-state index in [4.69, 9.17) is 4.74 Å². The number of hydrogen-bond acceptors (Lipinski definition) is 3. The second-order valence-corrected chi connectivity index (χ2v) is 4.10. The number of hydrogen-bond donors (Lipinski definition) is 0. The Morgan fingerprint density at radius 2 is 1.25 bits per heavy atom. The van der Waals surface area contributed by atoms with Gasteiger partial charge in [-0.2, -0.15) is 0 Å². The minimum absolute atomic E-state index is 0.634. The van der Waals surface area contributed by atoms with Crippen LogP contribution in [0.25, 0.3) is 0 Å². The van der Waals surface area contributed by atoms with Gasteiger partial charge in [0.1, 0.15) is 0 Å². The van der Waals surface area contributed by atoms with Crippen molar-refractivity contribution < 1.29 is 14.2 Å². The molecule has 3 nitrogen and oxygen atoms in total. The quantitative estimate of drug-likeness (QED) is 0.734. The van der Waals surface area contributed by atoms with Crippen LogP contribution in [0.3, 0.4) is 0 Å². The first-order chi connectivity index (χ1) is 7.65. The summed E-state index contributed by atoms with van der Waals surface area (Å²) in [5.41, 5.74) is 0. The van der Waals surface area contributed by atoms with E-state index >= 15 is 0 Å². The van der Waals surface area contributed by atoms with Crippen molar-refractivity contribution in [1.29, 1.82) is 0 Å². The van der Waals surface area contributed by atoms with E-state index in [0.29, 0.717) is 6.10 Å². The van der Waals surface area contributed by atoms with Crippen LogP contribution in [0.4, 0.5) is 0 Å². The molecule has 100 valence electrons. The smallest absolute Gasteiger partial charge is 0.0573 e. The van der Waals surface area contributed by atoms with Crippen LogP contribution in [0, 0.1) is 5.92 Å². The van der Waals surface area contributed by atoms with Crippen molar-refractivity contribution in [3.05, 3.63) is 0 Å². The molecule has 0 heterocycles. The van der Waals surface area contributed by atoms with E-state index in [1.807, 2.05) is 6.92 Å². The van der Waals surface area contributed by atoms with Crippen molar-refractivity contribution in [2.45, 2.75) is 45.6 Å². The number of ether oxygens (including phenoxy) is 3. The summed E-state index contributed by atoms with van der Waals surface area (Å²) in [7, 11) is 6.69. The maximum atomic E-state index is 4.86. The van der Waals surface area contributed by atoms with E-state index in [0.717, 1.165) is 12.5 Å². The Bertz CT molecular complexity index is 108. The second-order valence-electron chi connectivity index (χ2n) is 4.10. The summed E-state index contributed by atoms with van der Waals surface area (Å²) >= 11 is 0. The monoisotopic (exact) mass is 234 g/mol. The van der Waals surface area contributed by atoms with E-state index in [9.17, 15) is 0 Å². The first-order valence-electron chi connectivity index (χ1n) is 6.07. The molecule has 0 amide bonds. The molecule has 0 spiro atoms. The molecule has 0 unspecified atom stereocenters. The summed E-state index contributed by atoms with van der Waals surface area (Å²) < 4.78 is 13.7. The minimum Gasteiger partial charge on any atom is -0.388 e. The first kappa shape index (κ1) is 18.3. The lowest BCUT2D eigenvalue weighted by Gasteiger charge is -1.80. The molecule has 0 aliphatic heterocycles. The van der Waals surface area contributed by atoms with Crippen LogP contribution in [0.5, 0.6) is 0 Å². The molecule has 0 aromatic carbocycles. The summed E-state index contributed by atoms with van der Waals surface area (Å²) in [6, 6.07) is 0. The molecule has 2 fully saturated rings. The molecule has 0 bridgehead atoms. The zero-order valence-corrected chi connectivity index (χ0v) is 11.9. The van der Waals surface area contributed by atoms with Crippen LogP contribution in [-0.4, -0.2) is 41.2 Å². The van der Waals surface area contributed by atoms with Crippen molar-refractivity contribution >= 4 is 0 Å². The Hall–Kier alpha value is -0.120. The molecule has 0 atom stereocenters. The lowest BCUT2D eigenvalue weighted by atomic mass is 10.5. The molecule has 16 heavy (non-hydrogen) atoms. The fourth-order valence-electron chi connectivity index (χ4n) is 0.470. The lowest BCUT2D eigenvalue weighted by Crippen LogP contribution is -1.79. The zero-order valence-electron chi connectivity index (χ0n) is 11.9. The summed E-state index contributed by atoms with van der Waals surface area (Å²) in [6.07, 6.45) is 6.18. The van der Waals surface area contributed by atoms with Gasteiger partial charge < -0.3 is 14.2 Å². The maximum absolute atomic E-state index is 4.86. The van der Waals surface area contributed by atoms with E-state index in [2.05, 4.69) is 16.4 Å². The SMILES string of the molecule is CC1CC1.CCOC.COC.COC1CC1. The predicted octanol–water partition coefficient (Wildman–Crippen LogP) is 3.13. The summed E-state index contributed by atoms with van der Waals surface area (Å²) in [5.74, 6) is 1.08. The van der Waals surface area contributed by atoms with Crippen LogP contribution in [0.2, 0.25) is 0 Å². The number of methoxy groups -OCH3 is 3. The third-order valence-corrected chi connectivity index (χ3v) is 2.01. The Morgan fingerprint density at radius 1 is 0.938 bits per heavy atom. The molecule has 0 N–H and O–H groups in total. The Morgan fingerprint density at radius 3 is 1.25 bits per heavy atom.